The number of anilines is 1. The third kappa shape index (κ3) is 4.94. The zero-order valence-electron chi connectivity index (χ0n) is 10.7. The van der Waals surface area contributed by atoms with Crippen LogP contribution in [0.1, 0.15) is 5.69 Å². The first-order chi connectivity index (χ1) is 9.54. The van der Waals surface area contributed by atoms with E-state index in [9.17, 15) is 9.59 Å². The van der Waals surface area contributed by atoms with Crippen LogP contribution in [0.15, 0.2) is 41.5 Å². The number of pyridine rings is 1. The standard InChI is InChI=1S/C7H8N4O2S.C5H5N/c1-4-2-5(13)10-7(9-4)11(3-12)6(8)14;1-2-4-6-5-3-1/h2-3H,1H3,(H2,8,14)(H,9,10,13);1-5H. The minimum absolute atomic E-state index is 0.0255. The van der Waals surface area contributed by atoms with Gasteiger partial charge in [0.1, 0.15) is 0 Å². The van der Waals surface area contributed by atoms with Crippen LogP contribution in [0.5, 0.6) is 0 Å². The molecule has 20 heavy (non-hydrogen) atoms. The summed E-state index contributed by atoms with van der Waals surface area (Å²) in [5.74, 6) is 0.0255. The maximum absolute atomic E-state index is 11.0. The third-order valence-corrected chi connectivity index (χ3v) is 2.19. The molecule has 8 heteroatoms. The van der Waals surface area contributed by atoms with Crippen LogP contribution in [0.3, 0.4) is 0 Å². The van der Waals surface area contributed by atoms with Gasteiger partial charge in [0.15, 0.2) is 5.11 Å². The molecule has 0 radical (unpaired) electrons. The summed E-state index contributed by atoms with van der Waals surface area (Å²) in [6.45, 7) is 1.63. The summed E-state index contributed by atoms with van der Waals surface area (Å²) in [7, 11) is 0. The maximum Gasteiger partial charge on any atom is 0.252 e. The van der Waals surface area contributed by atoms with Crippen molar-refractivity contribution in [3.05, 3.63) is 52.7 Å². The Kier molecular flexibility index (Phi) is 5.98. The van der Waals surface area contributed by atoms with Crippen LogP contribution < -0.4 is 16.2 Å². The molecule has 0 aliphatic heterocycles. The smallest absolute Gasteiger partial charge is 0.252 e. The molecule has 2 heterocycles. The lowest BCUT2D eigenvalue weighted by molar-refractivity contribution is -0.106. The van der Waals surface area contributed by atoms with Crippen molar-refractivity contribution in [2.75, 3.05) is 4.90 Å². The molecule has 0 saturated heterocycles. The lowest BCUT2D eigenvalue weighted by Crippen LogP contribution is -2.36. The molecule has 0 aromatic carbocycles. The van der Waals surface area contributed by atoms with Crippen LogP contribution in [0, 0.1) is 6.92 Å². The summed E-state index contributed by atoms with van der Waals surface area (Å²) < 4.78 is 0. The fourth-order valence-corrected chi connectivity index (χ4v) is 1.33. The summed E-state index contributed by atoms with van der Waals surface area (Å²) in [4.78, 5) is 32.5. The Hall–Kier alpha value is -2.61. The van der Waals surface area contributed by atoms with Crippen molar-refractivity contribution in [3.63, 3.8) is 0 Å². The molecule has 3 N–H and O–H groups in total. The van der Waals surface area contributed by atoms with Gasteiger partial charge in [-0.1, -0.05) is 6.07 Å². The van der Waals surface area contributed by atoms with E-state index in [2.05, 4.69) is 27.2 Å². The van der Waals surface area contributed by atoms with Gasteiger partial charge in [0.2, 0.25) is 12.4 Å². The number of nitrogens with one attached hydrogen (secondary N) is 1. The van der Waals surface area contributed by atoms with Gasteiger partial charge in [0.25, 0.3) is 5.56 Å². The molecule has 2 rings (SSSR count). The molecule has 0 spiro atoms. The highest BCUT2D eigenvalue weighted by Gasteiger charge is 2.10. The fraction of sp³-hybridized carbons (Fsp3) is 0.0833. The zero-order chi connectivity index (χ0) is 15.0. The van der Waals surface area contributed by atoms with Crippen molar-refractivity contribution in [1.82, 2.24) is 15.0 Å². The topological polar surface area (TPSA) is 105 Å². The van der Waals surface area contributed by atoms with Crippen LogP contribution in [-0.4, -0.2) is 26.5 Å². The van der Waals surface area contributed by atoms with Crippen LogP contribution in [-0.2, 0) is 4.79 Å². The molecule has 0 saturated carbocycles. The van der Waals surface area contributed by atoms with E-state index >= 15 is 0 Å². The SMILES string of the molecule is Cc1cc(=O)[nH]c(N(C=O)C(N)=S)n1.c1ccncc1. The number of amides is 1. The molecule has 0 unspecified atom stereocenters. The number of hydrogen-bond donors (Lipinski definition) is 2. The van der Waals surface area contributed by atoms with Crippen molar-refractivity contribution in [2.45, 2.75) is 6.92 Å². The van der Waals surface area contributed by atoms with Crippen LogP contribution in [0.25, 0.3) is 0 Å². The van der Waals surface area contributed by atoms with Gasteiger partial charge in [-0.15, -0.1) is 0 Å². The number of aromatic nitrogens is 3. The molecule has 104 valence electrons. The Morgan fingerprint density at radius 2 is 2.05 bits per heavy atom. The Balaban J connectivity index is 0.000000276. The second-order valence-corrected chi connectivity index (χ2v) is 3.97. The average molecular weight is 291 g/mol. The Morgan fingerprint density at radius 3 is 2.40 bits per heavy atom. The predicted octanol–water partition coefficient (Wildman–Crippen LogP) is 0.366. The number of aromatic amines is 1. The Bertz CT molecular complexity index is 603. The monoisotopic (exact) mass is 291 g/mol. The molecule has 1 amide bonds. The Labute approximate surface area is 120 Å². The number of carbonyl (C=O) groups is 1. The molecular formula is C12H13N5O2S. The van der Waals surface area contributed by atoms with Crippen molar-refractivity contribution in [1.29, 1.82) is 0 Å². The highest BCUT2D eigenvalue weighted by atomic mass is 32.1. The van der Waals surface area contributed by atoms with Crippen LogP contribution in [0.2, 0.25) is 0 Å². The molecule has 0 aliphatic carbocycles. The number of hydrogen-bond acceptors (Lipinski definition) is 5. The van der Waals surface area contributed by atoms with Gasteiger partial charge in [-0.05, 0) is 31.3 Å². The number of carbonyl (C=O) groups excluding carboxylic acids is 1. The largest absolute Gasteiger partial charge is 0.375 e. The minimum Gasteiger partial charge on any atom is -0.375 e. The van der Waals surface area contributed by atoms with Crippen LogP contribution >= 0.6 is 12.2 Å². The molecule has 0 fully saturated rings. The number of H-pyrrole nitrogens is 1. The van der Waals surface area contributed by atoms with Gasteiger partial charge < -0.3 is 5.73 Å². The molecule has 2 aromatic heterocycles. The molecule has 7 nitrogen and oxygen atoms in total. The van der Waals surface area contributed by atoms with Gasteiger partial charge in [0, 0.05) is 24.2 Å². The molecule has 2 aromatic rings. The minimum atomic E-state index is -0.365. The number of rotatable bonds is 2. The third-order valence-electron chi connectivity index (χ3n) is 1.99. The second-order valence-electron chi connectivity index (χ2n) is 3.55. The molecular weight excluding hydrogens is 278 g/mol. The molecule has 0 bridgehead atoms. The van der Waals surface area contributed by atoms with E-state index in [1.54, 1.807) is 19.3 Å². The van der Waals surface area contributed by atoms with Gasteiger partial charge in [-0.2, -0.15) is 0 Å². The number of thiocarbonyl (C=S) groups is 1. The number of aryl methyl sites for hydroxylation is 1. The van der Waals surface area contributed by atoms with Gasteiger partial charge in [0.05, 0.1) is 0 Å². The highest BCUT2D eigenvalue weighted by molar-refractivity contribution is 7.80. The van der Waals surface area contributed by atoms with Crippen molar-refractivity contribution in [2.24, 2.45) is 5.73 Å². The predicted molar refractivity (Wildman–Crippen MR) is 79.2 cm³/mol. The van der Waals surface area contributed by atoms with Crippen molar-refractivity contribution in [3.8, 4) is 0 Å². The number of nitrogens with two attached hydrogens (primary N) is 1. The van der Waals surface area contributed by atoms with E-state index in [1.165, 1.54) is 6.07 Å². The normalized spacial score (nSPS) is 9.05. The quantitative estimate of drug-likeness (QED) is 0.611. The van der Waals surface area contributed by atoms with Gasteiger partial charge in [-0.25, -0.2) is 9.88 Å². The van der Waals surface area contributed by atoms with Gasteiger partial charge >= 0.3 is 0 Å². The average Bonchev–Trinajstić information content (AvgIpc) is 2.40. The summed E-state index contributed by atoms with van der Waals surface area (Å²) in [6, 6.07) is 7.01. The van der Waals surface area contributed by atoms with Crippen molar-refractivity contribution >= 4 is 29.7 Å². The van der Waals surface area contributed by atoms with E-state index in [0.29, 0.717) is 12.1 Å². The lowest BCUT2D eigenvalue weighted by atomic mass is 10.4. The summed E-state index contributed by atoms with van der Waals surface area (Å²) >= 11 is 4.60. The van der Waals surface area contributed by atoms with Crippen molar-refractivity contribution < 1.29 is 4.79 Å². The maximum atomic E-state index is 11.0. The second kappa shape index (κ2) is 7.74. The highest BCUT2D eigenvalue weighted by Crippen LogP contribution is 2.01. The number of nitrogens with zero attached hydrogens (tertiary/aromatic N) is 3. The zero-order valence-corrected chi connectivity index (χ0v) is 11.5. The first-order valence-electron chi connectivity index (χ1n) is 5.51. The van der Waals surface area contributed by atoms with Crippen LogP contribution in [0.4, 0.5) is 5.95 Å². The summed E-state index contributed by atoms with van der Waals surface area (Å²) in [6.07, 6.45) is 3.89. The van der Waals surface area contributed by atoms with Gasteiger partial charge in [-0.3, -0.25) is 19.6 Å². The van der Waals surface area contributed by atoms with E-state index in [4.69, 9.17) is 5.73 Å². The lowest BCUT2D eigenvalue weighted by Gasteiger charge is -2.12. The first kappa shape index (κ1) is 15.4. The first-order valence-corrected chi connectivity index (χ1v) is 5.92. The van der Waals surface area contributed by atoms with E-state index in [-0.39, 0.29) is 16.6 Å². The fourth-order valence-electron chi connectivity index (χ4n) is 1.20. The summed E-state index contributed by atoms with van der Waals surface area (Å²) in [5.41, 5.74) is 5.36. The van der Waals surface area contributed by atoms with E-state index in [1.807, 2.05) is 18.2 Å². The molecule has 0 atom stereocenters. The van der Waals surface area contributed by atoms with E-state index < -0.39 is 0 Å². The summed E-state index contributed by atoms with van der Waals surface area (Å²) in [5, 5.41) is -0.172. The molecule has 0 aliphatic rings. The van der Waals surface area contributed by atoms with E-state index in [0.717, 1.165) is 4.90 Å². The Morgan fingerprint density at radius 1 is 1.40 bits per heavy atom.